The molecule has 21 heavy (non-hydrogen) atoms. The second kappa shape index (κ2) is 9.22. The number of carbonyl (C=O) groups is 1. The van der Waals surface area contributed by atoms with Gasteiger partial charge in [0.2, 0.25) is 5.76 Å². The quantitative estimate of drug-likeness (QED) is 0.528. The van der Waals surface area contributed by atoms with Crippen molar-refractivity contribution < 1.29 is 14.6 Å². The Bertz CT molecular complexity index is 459. The lowest BCUT2D eigenvalue weighted by molar-refractivity contribution is -0.135. The Morgan fingerprint density at radius 1 is 1.19 bits per heavy atom. The molecule has 0 heterocycles. The highest BCUT2D eigenvalue weighted by Gasteiger charge is 2.17. The molecule has 0 bridgehead atoms. The normalized spacial score (nSPS) is 12.2. The van der Waals surface area contributed by atoms with Crippen LogP contribution in [0.5, 0.6) is 0 Å². The van der Waals surface area contributed by atoms with Crippen molar-refractivity contribution in [2.45, 2.75) is 46.0 Å². The molecule has 1 aromatic carbocycles. The van der Waals surface area contributed by atoms with E-state index in [2.05, 4.69) is 13.8 Å². The molecule has 0 aromatic heterocycles. The lowest BCUT2D eigenvalue weighted by atomic mass is 9.92. The second-order valence-corrected chi connectivity index (χ2v) is 5.26. The maximum Gasteiger partial charge on any atom is 0.371 e. The van der Waals surface area contributed by atoms with Gasteiger partial charge in [0.25, 0.3) is 0 Å². The van der Waals surface area contributed by atoms with Gasteiger partial charge in [0.15, 0.2) is 0 Å². The van der Waals surface area contributed by atoms with E-state index >= 15 is 0 Å². The zero-order valence-corrected chi connectivity index (χ0v) is 13.3. The van der Waals surface area contributed by atoms with Gasteiger partial charge < -0.3 is 9.84 Å². The number of carboxylic acids is 1. The van der Waals surface area contributed by atoms with Crippen LogP contribution in [0.2, 0.25) is 0 Å². The third-order valence-corrected chi connectivity index (χ3v) is 3.99. The van der Waals surface area contributed by atoms with E-state index in [1.165, 1.54) is 20.0 Å². The Kier molecular flexibility index (Phi) is 7.59. The maximum absolute atomic E-state index is 11.4. The molecular formula is C18H26O3. The maximum atomic E-state index is 11.4. The molecule has 0 spiro atoms. The zero-order valence-electron chi connectivity index (χ0n) is 13.3. The van der Waals surface area contributed by atoms with Gasteiger partial charge in [-0.2, -0.15) is 0 Å². The van der Waals surface area contributed by atoms with Crippen molar-refractivity contribution in [3.8, 4) is 0 Å². The molecule has 0 fully saturated rings. The third-order valence-electron chi connectivity index (χ3n) is 3.99. The van der Waals surface area contributed by atoms with Crippen molar-refractivity contribution in [2.24, 2.45) is 5.92 Å². The highest BCUT2D eigenvalue weighted by atomic mass is 16.5. The second-order valence-electron chi connectivity index (χ2n) is 5.26. The Hall–Kier alpha value is -1.77. The van der Waals surface area contributed by atoms with Gasteiger partial charge in [0, 0.05) is 5.57 Å². The van der Waals surface area contributed by atoms with Crippen molar-refractivity contribution in [1.29, 1.82) is 0 Å². The van der Waals surface area contributed by atoms with Crippen LogP contribution in [0, 0.1) is 5.92 Å². The summed E-state index contributed by atoms with van der Waals surface area (Å²) in [6, 6.07) is 9.65. The molecule has 0 saturated carbocycles. The fraction of sp³-hybridized carbons (Fsp3) is 0.500. The van der Waals surface area contributed by atoms with E-state index in [9.17, 15) is 9.90 Å². The number of hydrogen-bond acceptors (Lipinski definition) is 2. The Balaban J connectivity index is 2.91. The standard InChI is InChI=1S/C18H26O3/c1-4-14(5-2)10-9-13-16(17(21-3)18(19)20)15-11-7-6-8-12-15/h6-8,11-12,14H,4-5,9-10,13H2,1-3H3,(H,19,20). The van der Waals surface area contributed by atoms with E-state index < -0.39 is 5.97 Å². The van der Waals surface area contributed by atoms with Crippen molar-refractivity contribution in [2.75, 3.05) is 7.11 Å². The first-order chi connectivity index (χ1) is 10.1. The summed E-state index contributed by atoms with van der Waals surface area (Å²) in [7, 11) is 1.42. The minimum Gasteiger partial charge on any atom is -0.490 e. The molecule has 0 aliphatic rings. The van der Waals surface area contributed by atoms with Crippen molar-refractivity contribution in [1.82, 2.24) is 0 Å². The van der Waals surface area contributed by atoms with Gasteiger partial charge in [-0.1, -0.05) is 63.4 Å². The Labute approximate surface area is 127 Å². The first-order valence-corrected chi connectivity index (χ1v) is 7.69. The summed E-state index contributed by atoms with van der Waals surface area (Å²) in [5.74, 6) is -0.220. The van der Waals surface area contributed by atoms with Crippen LogP contribution >= 0.6 is 0 Å². The zero-order chi connectivity index (χ0) is 15.7. The van der Waals surface area contributed by atoms with Gasteiger partial charge >= 0.3 is 5.97 Å². The molecule has 0 aliphatic heterocycles. The largest absolute Gasteiger partial charge is 0.490 e. The predicted molar refractivity (Wildman–Crippen MR) is 85.9 cm³/mol. The first-order valence-electron chi connectivity index (χ1n) is 7.69. The van der Waals surface area contributed by atoms with Crippen molar-refractivity contribution in [3.63, 3.8) is 0 Å². The summed E-state index contributed by atoms with van der Waals surface area (Å²) in [5, 5.41) is 9.32. The van der Waals surface area contributed by atoms with E-state index in [1.54, 1.807) is 0 Å². The van der Waals surface area contributed by atoms with Crippen molar-refractivity contribution >= 4 is 11.5 Å². The number of aliphatic carboxylic acids is 1. The van der Waals surface area contributed by atoms with Crippen LogP contribution < -0.4 is 0 Å². The van der Waals surface area contributed by atoms with Crippen LogP contribution in [0.1, 0.15) is 51.5 Å². The third kappa shape index (κ3) is 5.25. The fourth-order valence-corrected chi connectivity index (χ4v) is 2.63. The number of benzene rings is 1. The average molecular weight is 290 g/mol. The molecule has 0 amide bonds. The SMILES string of the molecule is CCC(CC)CCCC(=C(OC)C(=O)O)c1ccccc1. The minimum absolute atomic E-state index is 0.0609. The van der Waals surface area contributed by atoms with Gasteiger partial charge in [0.1, 0.15) is 0 Å². The number of rotatable bonds is 9. The predicted octanol–water partition coefficient (Wildman–Crippen LogP) is 4.74. The van der Waals surface area contributed by atoms with Crippen LogP contribution in [-0.4, -0.2) is 18.2 Å². The smallest absolute Gasteiger partial charge is 0.371 e. The van der Waals surface area contributed by atoms with E-state index in [-0.39, 0.29) is 5.76 Å². The first kappa shape index (κ1) is 17.3. The number of ether oxygens (including phenoxy) is 1. The van der Waals surface area contributed by atoms with Gasteiger partial charge in [-0.05, 0) is 24.3 Å². The highest BCUT2D eigenvalue weighted by Crippen LogP contribution is 2.27. The molecule has 0 radical (unpaired) electrons. The molecule has 0 atom stereocenters. The molecule has 116 valence electrons. The number of allylic oxidation sites excluding steroid dienone is 1. The number of carboxylic acid groups (broad SMARTS) is 1. The van der Waals surface area contributed by atoms with Crippen LogP contribution in [0.3, 0.4) is 0 Å². The molecule has 1 rings (SSSR count). The number of hydrogen-bond donors (Lipinski definition) is 1. The Morgan fingerprint density at radius 2 is 1.81 bits per heavy atom. The molecule has 3 nitrogen and oxygen atoms in total. The van der Waals surface area contributed by atoms with Crippen LogP contribution in [-0.2, 0) is 9.53 Å². The monoisotopic (exact) mass is 290 g/mol. The molecule has 0 aliphatic carbocycles. The summed E-state index contributed by atoms with van der Waals surface area (Å²) in [5.41, 5.74) is 1.72. The molecule has 0 unspecified atom stereocenters. The number of methoxy groups -OCH3 is 1. The van der Waals surface area contributed by atoms with E-state index in [1.807, 2.05) is 30.3 Å². The lowest BCUT2D eigenvalue weighted by Crippen LogP contribution is -2.07. The van der Waals surface area contributed by atoms with Gasteiger partial charge in [-0.25, -0.2) is 4.79 Å². The molecule has 3 heteroatoms. The van der Waals surface area contributed by atoms with E-state index in [4.69, 9.17) is 4.74 Å². The van der Waals surface area contributed by atoms with Crippen molar-refractivity contribution in [3.05, 3.63) is 41.7 Å². The Morgan fingerprint density at radius 3 is 2.29 bits per heavy atom. The van der Waals surface area contributed by atoms with Gasteiger partial charge in [-0.15, -0.1) is 0 Å². The van der Waals surface area contributed by atoms with Gasteiger partial charge in [-0.3, -0.25) is 0 Å². The van der Waals surface area contributed by atoms with Crippen LogP contribution in [0.15, 0.2) is 36.1 Å². The topological polar surface area (TPSA) is 46.5 Å². The summed E-state index contributed by atoms with van der Waals surface area (Å²) in [4.78, 5) is 11.4. The minimum atomic E-state index is -1.00. The van der Waals surface area contributed by atoms with E-state index in [0.29, 0.717) is 0 Å². The highest BCUT2D eigenvalue weighted by molar-refractivity contribution is 5.94. The van der Waals surface area contributed by atoms with Crippen LogP contribution in [0.4, 0.5) is 0 Å². The lowest BCUT2D eigenvalue weighted by Gasteiger charge is -2.15. The van der Waals surface area contributed by atoms with Crippen LogP contribution in [0.25, 0.3) is 5.57 Å². The summed E-state index contributed by atoms with van der Waals surface area (Å²) in [6.45, 7) is 4.42. The average Bonchev–Trinajstić information content (AvgIpc) is 2.51. The molecule has 1 aromatic rings. The molecule has 0 saturated heterocycles. The summed E-state index contributed by atoms with van der Waals surface area (Å²) in [6.07, 6.45) is 5.19. The van der Waals surface area contributed by atoms with E-state index in [0.717, 1.165) is 36.3 Å². The summed E-state index contributed by atoms with van der Waals surface area (Å²) < 4.78 is 5.12. The molecular weight excluding hydrogens is 264 g/mol. The fourth-order valence-electron chi connectivity index (χ4n) is 2.63. The summed E-state index contributed by atoms with van der Waals surface area (Å²) >= 11 is 0. The molecule has 1 N–H and O–H groups in total. The van der Waals surface area contributed by atoms with Gasteiger partial charge in [0.05, 0.1) is 7.11 Å².